The third kappa shape index (κ3) is 6.30. The molecule has 9 heteroatoms. The molecule has 1 aromatic heterocycles. The molecule has 1 heterocycles. The zero-order chi connectivity index (χ0) is 24.1. The van der Waals surface area contributed by atoms with Gasteiger partial charge in [-0.15, -0.1) is 12.4 Å². The molecule has 3 aromatic carbocycles. The van der Waals surface area contributed by atoms with E-state index in [-0.39, 0.29) is 24.8 Å². The Balaban J connectivity index is 0.00000342. The summed E-state index contributed by atoms with van der Waals surface area (Å²) in [5, 5.41) is 13.0. The largest absolute Gasteiger partial charge is 0.480 e. The molecule has 0 fully saturated rings. The van der Waals surface area contributed by atoms with E-state index >= 15 is 0 Å². The Morgan fingerprint density at radius 1 is 1.06 bits per heavy atom. The number of aromatic nitrogens is 2. The van der Waals surface area contributed by atoms with E-state index in [0.717, 1.165) is 22.3 Å². The van der Waals surface area contributed by atoms with Gasteiger partial charge >= 0.3 is 5.97 Å². The predicted octanol–water partition coefficient (Wildman–Crippen LogP) is 5.29. The maximum atomic E-state index is 14.4. The summed E-state index contributed by atoms with van der Waals surface area (Å²) in [6.45, 7) is 0.785. The molecule has 182 valence electrons. The molecule has 0 saturated heterocycles. The number of carbonyl (C=O) groups is 1. The Bertz CT molecular complexity index is 1290. The number of nitrogens with zero attached hydrogens (tertiary/aromatic N) is 3. The van der Waals surface area contributed by atoms with Crippen molar-refractivity contribution in [1.82, 2.24) is 15.0 Å². The Morgan fingerprint density at radius 2 is 1.77 bits per heavy atom. The fourth-order valence-electron chi connectivity index (χ4n) is 3.76. The van der Waals surface area contributed by atoms with Crippen molar-refractivity contribution in [3.05, 3.63) is 83.7 Å². The molecule has 4 aromatic rings. The van der Waals surface area contributed by atoms with E-state index in [9.17, 15) is 9.18 Å². The summed E-state index contributed by atoms with van der Waals surface area (Å²) in [6.07, 6.45) is 0. The lowest BCUT2D eigenvalue weighted by atomic mass is 9.97. The van der Waals surface area contributed by atoms with Gasteiger partial charge in [-0.05, 0) is 41.9 Å². The SMILES string of the molecule is COCc1cc(-c2nc(-c3ccc(CN(C)CC(=O)O)cc3)no2)ccc1-c1ccccc1F.Cl. The number of carboxylic acid groups (broad SMARTS) is 1. The Kier molecular flexibility index (Phi) is 8.70. The van der Waals surface area contributed by atoms with Gasteiger partial charge in [0.25, 0.3) is 5.89 Å². The smallest absolute Gasteiger partial charge is 0.317 e. The molecule has 0 spiro atoms. The monoisotopic (exact) mass is 497 g/mol. The maximum absolute atomic E-state index is 14.4. The van der Waals surface area contributed by atoms with Crippen molar-refractivity contribution >= 4 is 18.4 Å². The quantitative estimate of drug-likeness (QED) is 0.336. The highest BCUT2D eigenvalue weighted by atomic mass is 35.5. The van der Waals surface area contributed by atoms with Crippen LogP contribution in [0.4, 0.5) is 4.39 Å². The van der Waals surface area contributed by atoms with Gasteiger partial charge in [0, 0.05) is 30.3 Å². The van der Waals surface area contributed by atoms with Crippen LogP contribution in [0.15, 0.2) is 71.3 Å². The molecule has 1 N–H and O–H groups in total. The minimum Gasteiger partial charge on any atom is -0.480 e. The number of halogens is 2. The van der Waals surface area contributed by atoms with Crippen molar-refractivity contribution in [2.45, 2.75) is 13.2 Å². The van der Waals surface area contributed by atoms with Crippen molar-refractivity contribution in [3.8, 4) is 34.0 Å². The van der Waals surface area contributed by atoms with Crippen molar-refractivity contribution in [2.24, 2.45) is 0 Å². The lowest BCUT2D eigenvalue weighted by Crippen LogP contribution is -2.25. The Morgan fingerprint density at radius 3 is 2.46 bits per heavy atom. The molecular weight excluding hydrogens is 473 g/mol. The fraction of sp³-hybridized carbons (Fsp3) is 0.192. The number of benzene rings is 3. The number of hydrogen-bond donors (Lipinski definition) is 1. The van der Waals surface area contributed by atoms with Gasteiger partial charge < -0.3 is 14.4 Å². The van der Waals surface area contributed by atoms with Crippen LogP contribution >= 0.6 is 12.4 Å². The van der Waals surface area contributed by atoms with Crippen molar-refractivity contribution in [2.75, 3.05) is 20.7 Å². The first-order valence-electron chi connectivity index (χ1n) is 10.6. The molecule has 0 unspecified atom stereocenters. The summed E-state index contributed by atoms with van der Waals surface area (Å²) in [4.78, 5) is 17.1. The summed E-state index contributed by atoms with van der Waals surface area (Å²) in [6, 6.07) is 19.7. The molecule has 0 atom stereocenters. The molecule has 7 nitrogen and oxygen atoms in total. The number of likely N-dealkylation sites (N-methyl/N-ethyl adjacent to an activating group) is 1. The van der Waals surface area contributed by atoms with Crippen molar-refractivity contribution in [3.63, 3.8) is 0 Å². The van der Waals surface area contributed by atoms with Crippen LogP contribution < -0.4 is 0 Å². The van der Waals surface area contributed by atoms with E-state index in [1.807, 2.05) is 42.5 Å². The third-order valence-electron chi connectivity index (χ3n) is 5.31. The van der Waals surface area contributed by atoms with Crippen molar-refractivity contribution in [1.29, 1.82) is 0 Å². The zero-order valence-electron chi connectivity index (χ0n) is 19.3. The molecule has 4 rings (SSSR count). The second kappa shape index (κ2) is 11.7. The zero-order valence-corrected chi connectivity index (χ0v) is 20.1. The highest BCUT2D eigenvalue weighted by Crippen LogP contribution is 2.31. The number of carboxylic acids is 1. The minimum atomic E-state index is -0.867. The average molecular weight is 498 g/mol. The summed E-state index contributed by atoms with van der Waals surface area (Å²) in [7, 11) is 3.34. The van der Waals surface area contributed by atoms with Crippen LogP contribution in [0.25, 0.3) is 34.0 Å². The highest BCUT2D eigenvalue weighted by Gasteiger charge is 2.15. The van der Waals surface area contributed by atoms with Gasteiger partial charge in [0.05, 0.1) is 13.2 Å². The molecule has 0 radical (unpaired) electrons. The summed E-state index contributed by atoms with van der Waals surface area (Å²) < 4.78 is 25.2. The van der Waals surface area contributed by atoms with Crippen LogP contribution in [-0.2, 0) is 22.7 Å². The van der Waals surface area contributed by atoms with E-state index in [2.05, 4.69) is 10.1 Å². The van der Waals surface area contributed by atoms with Gasteiger partial charge in [0.1, 0.15) is 5.82 Å². The number of aliphatic carboxylic acids is 1. The van der Waals surface area contributed by atoms with E-state index in [1.165, 1.54) is 6.07 Å². The van der Waals surface area contributed by atoms with Gasteiger partial charge in [0.15, 0.2) is 0 Å². The molecule has 0 amide bonds. The standard InChI is InChI=1S/C26H24FN3O4.ClH/c1-30(15-24(31)32)14-17-7-9-18(10-8-17)25-28-26(34-29-25)19-11-12-21(20(13-19)16-33-2)22-5-3-4-6-23(22)27;/h3-13H,14-16H2,1-2H3,(H,31,32);1H. The minimum absolute atomic E-state index is 0. The topological polar surface area (TPSA) is 88.7 Å². The lowest BCUT2D eigenvalue weighted by Gasteiger charge is -2.13. The van der Waals surface area contributed by atoms with Gasteiger partial charge in [-0.1, -0.05) is 53.7 Å². The highest BCUT2D eigenvalue weighted by molar-refractivity contribution is 5.85. The van der Waals surface area contributed by atoms with E-state index < -0.39 is 5.97 Å². The van der Waals surface area contributed by atoms with Crippen LogP contribution in [0.5, 0.6) is 0 Å². The number of ether oxygens (including phenoxy) is 1. The van der Waals surface area contributed by atoms with Crippen molar-refractivity contribution < 1.29 is 23.6 Å². The maximum Gasteiger partial charge on any atom is 0.317 e. The van der Waals surface area contributed by atoms with E-state index in [4.69, 9.17) is 14.4 Å². The first-order valence-corrected chi connectivity index (χ1v) is 10.6. The first kappa shape index (κ1) is 26.0. The normalized spacial score (nSPS) is 10.9. The number of hydrogen-bond acceptors (Lipinski definition) is 6. The Hall–Kier alpha value is -3.59. The van der Waals surface area contributed by atoms with Crippen LogP contribution in [0.1, 0.15) is 11.1 Å². The molecule has 35 heavy (non-hydrogen) atoms. The van der Waals surface area contributed by atoms with Crippen LogP contribution in [0, 0.1) is 5.82 Å². The first-order chi connectivity index (χ1) is 16.4. The molecule has 0 saturated carbocycles. The molecule has 0 aliphatic rings. The predicted molar refractivity (Wildman–Crippen MR) is 132 cm³/mol. The van der Waals surface area contributed by atoms with Gasteiger partial charge in [-0.25, -0.2) is 4.39 Å². The number of methoxy groups -OCH3 is 1. The third-order valence-corrected chi connectivity index (χ3v) is 5.31. The summed E-state index contributed by atoms with van der Waals surface area (Å²) in [5.41, 5.74) is 4.51. The van der Waals surface area contributed by atoms with E-state index in [0.29, 0.717) is 36.0 Å². The van der Waals surface area contributed by atoms with E-state index in [1.54, 1.807) is 37.3 Å². The van der Waals surface area contributed by atoms with Gasteiger partial charge in [-0.3, -0.25) is 9.69 Å². The van der Waals surface area contributed by atoms with Gasteiger partial charge in [-0.2, -0.15) is 4.98 Å². The molecule has 0 aliphatic carbocycles. The average Bonchev–Trinajstić information content (AvgIpc) is 3.30. The number of rotatable bonds is 9. The second-order valence-corrected chi connectivity index (χ2v) is 7.97. The molecular formula is C26H25ClFN3O4. The lowest BCUT2D eigenvalue weighted by molar-refractivity contribution is -0.138. The fourth-order valence-corrected chi connectivity index (χ4v) is 3.76. The Labute approximate surface area is 208 Å². The van der Waals surface area contributed by atoms with Crippen LogP contribution in [-0.4, -0.2) is 46.8 Å². The summed E-state index contributed by atoms with van der Waals surface area (Å²) in [5.74, 6) is -0.385. The molecule has 0 bridgehead atoms. The second-order valence-electron chi connectivity index (χ2n) is 7.97. The summed E-state index contributed by atoms with van der Waals surface area (Å²) >= 11 is 0. The van der Waals surface area contributed by atoms with Gasteiger partial charge in [0.2, 0.25) is 5.82 Å². The van der Waals surface area contributed by atoms with Crippen LogP contribution in [0.3, 0.4) is 0 Å². The molecule has 0 aliphatic heterocycles. The van der Waals surface area contributed by atoms with Crippen LogP contribution in [0.2, 0.25) is 0 Å².